The van der Waals surface area contributed by atoms with Crippen molar-refractivity contribution in [3.05, 3.63) is 54.1 Å². The van der Waals surface area contributed by atoms with Gasteiger partial charge in [-0.25, -0.2) is 0 Å². The minimum atomic E-state index is -0.213. The number of amides is 1. The average molecular weight is 278 g/mol. The van der Waals surface area contributed by atoms with Crippen LogP contribution in [0.5, 0.6) is 0 Å². The van der Waals surface area contributed by atoms with Crippen LogP contribution in [0.25, 0.3) is 0 Å². The van der Waals surface area contributed by atoms with E-state index in [-0.39, 0.29) is 12.5 Å². The highest BCUT2D eigenvalue weighted by Crippen LogP contribution is 2.19. The monoisotopic (exact) mass is 278 g/mol. The van der Waals surface area contributed by atoms with Crippen molar-refractivity contribution in [3.8, 4) is 12.3 Å². The topological polar surface area (TPSA) is 79.8 Å². The maximum Gasteiger partial charge on any atom is 0.252 e. The van der Waals surface area contributed by atoms with Crippen molar-refractivity contribution in [2.24, 2.45) is 10.2 Å². The summed E-state index contributed by atoms with van der Waals surface area (Å²) in [6, 6.07) is 13.8. The summed E-state index contributed by atoms with van der Waals surface area (Å²) in [7, 11) is 0. The van der Waals surface area contributed by atoms with E-state index in [9.17, 15) is 4.79 Å². The number of carbonyl (C=O) groups excluding carboxylic acids is 1. The highest BCUT2D eigenvalue weighted by molar-refractivity contribution is 5.94. The second-order valence-electron chi connectivity index (χ2n) is 4.23. The van der Waals surface area contributed by atoms with E-state index in [1.807, 2.05) is 0 Å². The van der Waals surface area contributed by atoms with E-state index in [0.717, 1.165) is 0 Å². The zero-order valence-corrected chi connectivity index (χ0v) is 11.3. The molecule has 2 aromatic rings. The van der Waals surface area contributed by atoms with Crippen LogP contribution in [-0.4, -0.2) is 12.5 Å². The molecule has 0 aliphatic heterocycles. The van der Waals surface area contributed by atoms with E-state index < -0.39 is 0 Å². The summed E-state index contributed by atoms with van der Waals surface area (Å²) in [4.78, 5) is 11.7. The van der Waals surface area contributed by atoms with Gasteiger partial charge in [-0.05, 0) is 48.5 Å². The van der Waals surface area contributed by atoms with Gasteiger partial charge in [-0.1, -0.05) is 5.92 Å². The first-order chi connectivity index (χ1) is 10.2. The van der Waals surface area contributed by atoms with Gasteiger partial charge in [-0.15, -0.1) is 6.42 Å². The summed E-state index contributed by atoms with van der Waals surface area (Å²) in [5.41, 5.74) is 8.15. The Kier molecular flexibility index (Phi) is 4.67. The van der Waals surface area contributed by atoms with Crippen LogP contribution in [-0.2, 0) is 0 Å². The average Bonchev–Trinajstić information content (AvgIpc) is 2.52. The number of carbonyl (C=O) groups is 1. The first kappa shape index (κ1) is 14.3. The van der Waals surface area contributed by atoms with Crippen LogP contribution in [0.1, 0.15) is 10.4 Å². The Balaban J connectivity index is 2.04. The van der Waals surface area contributed by atoms with Gasteiger partial charge in [0.05, 0.1) is 17.9 Å². The van der Waals surface area contributed by atoms with Gasteiger partial charge in [0, 0.05) is 11.3 Å². The van der Waals surface area contributed by atoms with Crippen LogP contribution in [0.4, 0.5) is 17.1 Å². The molecule has 0 unspecified atom stereocenters. The number of hydrogen-bond donors (Lipinski definition) is 2. The number of benzene rings is 2. The fourth-order valence-corrected chi connectivity index (χ4v) is 1.57. The molecule has 0 bridgehead atoms. The minimum absolute atomic E-state index is 0.206. The molecule has 0 heterocycles. The number of nitrogens with one attached hydrogen (secondary N) is 1. The van der Waals surface area contributed by atoms with Gasteiger partial charge in [0.2, 0.25) is 0 Å². The van der Waals surface area contributed by atoms with Crippen LogP contribution in [0.3, 0.4) is 0 Å². The maximum atomic E-state index is 11.7. The number of nitrogen functional groups attached to an aromatic ring is 1. The Labute approximate surface area is 122 Å². The van der Waals surface area contributed by atoms with Crippen molar-refractivity contribution in [2.75, 3.05) is 12.3 Å². The Morgan fingerprint density at radius 2 is 1.57 bits per heavy atom. The molecule has 0 atom stereocenters. The molecule has 0 radical (unpaired) electrons. The molecule has 104 valence electrons. The van der Waals surface area contributed by atoms with Crippen molar-refractivity contribution < 1.29 is 4.79 Å². The first-order valence-corrected chi connectivity index (χ1v) is 6.28. The van der Waals surface area contributed by atoms with Crippen LogP contribution in [0.15, 0.2) is 58.8 Å². The quantitative estimate of drug-likeness (QED) is 0.512. The van der Waals surface area contributed by atoms with E-state index >= 15 is 0 Å². The first-order valence-electron chi connectivity index (χ1n) is 6.28. The molecule has 5 heteroatoms. The Hall–Kier alpha value is -3.13. The number of anilines is 1. The van der Waals surface area contributed by atoms with Crippen molar-refractivity contribution in [1.29, 1.82) is 0 Å². The maximum absolute atomic E-state index is 11.7. The van der Waals surface area contributed by atoms with E-state index in [4.69, 9.17) is 12.2 Å². The smallest absolute Gasteiger partial charge is 0.252 e. The summed E-state index contributed by atoms with van der Waals surface area (Å²) in [6.45, 7) is 0.206. The fraction of sp³-hybridized carbons (Fsp3) is 0.0625. The molecule has 0 aliphatic rings. The van der Waals surface area contributed by atoms with Gasteiger partial charge in [0.25, 0.3) is 5.91 Å². The SMILES string of the molecule is C#CCNC(=O)c1ccc(N=Nc2ccc(N)cc2)cc1. The van der Waals surface area contributed by atoms with Crippen LogP contribution in [0.2, 0.25) is 0 Å². The third-order valence-electron chi connectivity index (χ3n) is 2.65. The highest BCUT2D eigenvalue weighted by Gasteiger charge is 2.03. The molecule has 1 amide bonds. The molecular formula is C16H14N4O. The molecule has 0 aromatic heterocycles. The normalized spacial score (nSPS) is 10.2. The predicted molar refractivity (Wildman–Crippen MR) is 82.6 cm³/mol. The Morgan fingerprint density at radius 3 is 2.10 bits per heavy atom. The molecule has 0 fully saturated rings. The summed E-state index contributed by atoms with van der Waals surface area (Å²) >= 11 is 0. The molecule has 21 heavy (non-hydrogen) atoms. The number of nitrogens with zero attached hydrogens (tertiary/aromatic N) is 2. The second-order valence-corrected chi connectivity index (χ2v) is 4.23. The molecule has 5 nitrogen and oxygen atoms in total. The molecule has 0 spiro atoms. The molecule has 2 aromatic carbocycles. The number of rotatable bonds is 4. The lowest BCUT2D eigenvalue weighted by atomic mass is 10.2. The van der Waals surface area contributed by atoms with E-state index in [0.29, 0.717) is 22.6 Å². The van der Waals surface area contributed by atoms with Gasteiger partial charge in [-0.3, -0.25) is 4.79 Å². The zero-order valence-electron chi connectivity index (χ0n) is 11.3. The molecular weight excluding hydrogens is 264 g/mol. The van der Waals surface area contributed by atoms with Crippen molar-refractivity contribution in [3.63, 3.8) is 0 Å². The van der Waals surface area contributed by atoms with Crippen LogP contribution in [0, 0.1) is 12.3 Å². The Bertz CT molecular complexity index is 682. The summed E-state index contributed by atoms with van der Waals surface area (Å²) in [5, 5.41) is 10.8. The van der Waals surface area contributed by atoms with Gasteiger partial charge in [0.15, 0.2) is 0 Å². The van der Waals surface area contributed by atoms with Crippen LogP contribution < -0.4 is 11.1 Å². The lowest BCUT2D eigenvalue weighted by Gasteiger charge is -2.01. The number of nitrogens with two attached hydrogens (primary N) is 1. The minimum Gasteiger partial charge on any atom is -0.399 e. The standard InChI is InChI=1S/C16H14N4O/c1-2-11-18-16(21)12-3-7-14(8-4-12)19-20-15-9-5-13(17)6-10-15/h1,3-10H,11,17H2,(H,18,21). The molecule has 0 saturated carbocycles. The van der Waals surface area contributed by atoms with E-state index in [2.05, 4.69) is 21.5 Å². The predicted octanol–water partition coefficient (Wildman–Crippen LogP) is 3.05. The second kappa shape index (κ2) is 6.87. The van der Waals surface area contributed by atoms with Gasteiger partial charge in [0.1, 0.15) is 0 Å². The molecule has 3 N–H and O–H groups in total. The molecule has 0 aliphatic carbocycles. The van der Waals surface area contributed by atoms with Crippen molar-refractivity contribution in [1.82, 2.24) is 5.32 Å². The van der Waals surface area contributed by atoms with E-state index in [1.54, 1.807) is 48.5 Å². The fourth-order valence-electron chi connectivity index (χ4n) is 1.57. The van der Waals surface area contributed by atoms with Gasteiger partial charge >= 0.3 is 0 Å². The zero-order chi connectivity index (χ0) is 15.1. The number of azo groups is 1. The summed E-state index contributed by atoms with van der Waals surface area (Å²) in [6.07, 6.45) is 5.08. The third kappa shape index (κ3) is 4.18. The molecule has 2 rings (SSSR count). The lowest BCUT2D eigenvalue weighted by molar-refractivity contribution is 0.0958. The largest absolute Gasteiger partial charge is 0.399 e. The van der Waals surface area contributed by atoms with E-state index in [1.165, 1.54) is 0 Å². The highest BCUT2D eigenvalue weighted by atomic mass is 16.1. The lowest BCUT2D eigenvalue weighted by Crippen LogP contribution is -2.23. The van der Waals surface area contributed by atoms with Gasteiger partial charge < -0.3 is 11.1 Å². The molecule has 0 saturated heterocycles. The Morgan fingerprint density at radius 1 is 1.05 bits per heavy atom. The summed E-state index contributed by atoms with van der Waals surface area (Å²) in [5.74, 6) is 2.13. The van der Waals surface area contributed by atoms with Crippen molar-refractivity contribution in [2.45, 2.75) is 0 Å². The van der Waals surface area contributed by atoms with Crippen LogP contribution >= 0.6 is 0 Å². The third-order valence-corrected chi connectivity index (χ3v) is 2.65. The number of terminal acetylenes is 1. The van der Waals surface area contributed by atoms with Crippen molar-refractivity contribution >= 4 is 23.0 Å². The number of hydrogen-bond acceptors (Lipinski definition) is 4. The van der Waals surface area contributed by atoms with Gasteiger partial charge in [-0.2, -0.15) is 10.2 Å². The summed E-state index contributed by atoms with van der Waals surface area (Å²) < 4.78 is 0.